The van der Waals surface area contributed by atoms with E-state index in [2.05, 4.69) is 93.6 Å². The second kappa shape index (κ2) is 14.2. The topological polar surface area (TPSA) is 44.8 Å². The molecule has 0 spiro atoms. The molecule has 5 heteroatoms. The minimum atomic E-state index is -2.53. The van der Waals surface area contributed by atoms with Crippen molar-refractivity contribution in [1.82, 2.24) is 0 Å². The molecule has 0 bridgehead atoms. The van der Waals surface area contributed by atoms with Crippen molar-refractivity contribution in [1.29, 1.82) is 0 Å². The van der Waals surface area contributed by atoms with Crippen LogP contribution in [0.15, 0.2) is 91.0 Å². The quantitative estimate of drug-likeness (QED) is 0.183. The van der Waals surface area contributed by atoms with E-state index in [1.165, 1.54) is 15.9 Å². The number of benzene rings is 3. The molecule has 208 valence electrons. The third-order valence-electron chi connectivity index (χ3n) is 7.63. The maximum atomic E-state index is 12.5. The van der Waals surface area contributed by atoms with Gasteiger partial charge < -0.3 is 13.9 Å². The predicted molar refractivity (Wildman–Crippen MR) is 161 cm³/mol. The van der Waals surface area contributed by atoms with Crippen LogP contribution in [-0.2, 0) is 25.3 Å². The molecule has 0 radical (unpaired) electrons. The lowest BCUT2D eigenvalue weighted by atomic mass is 9.97. The fraction of sp³-hybridized carbons (Fsp3) is 0.441. The Morgan fingerprint density at radius 2 is 1.23 bits per heavy atom. The zero-order valence-electron chi connectivity index (χ0n) is 23.8. The summed E-state index contributed by atoms with van der Waals surface area (Å²) in [5, 5.41) is 2.55. The number of ketones is 1. The smallest absolute Gasteiger partial charge is 0.261 e. The maximum Gasteiger partial charge on any atom is 0.261 e. The lowest BCUT2D eigenvalue weighted by Crippen LogP contribution is -2.66. The highest BCUT2D eigenvalue weighted by molar-refractivity contribution is 6.99. The molecular weight excluding hydrogens is 500 g/mol. The molecule has 0 N–H and O–H groups in total. The fourth-order valence-electron chi connectivity index (χ4n) is 5.77. The third kappa shape index (κ3) is 7.98. The second-order valence-corrected chi connectivity index (χ2v) is 16.0. The highest BCUT2D eigenvalue weighted by atomic mass is 28.4. The number of hydrogen-bond acceptors (Lipinski definition) is 4. The van der Waals surface area contributed by atoms with Crippen LogP contribution in [0.3, 0.4) is 0 Å². The first kappa shape index (κ1) is 29.4. The average molecular weight is 545 g/mol. The summed E-state index contributed by atoms with van der Waals surface area (Å²) in [6.07, 6.45) is 4.47. The van der Waals surface area contributed by atoms with E-state index in [1.807, 2.05) is 18.2 Å². The van der Waals surface area contributed by atoms with Crippen LogP contribution in [0.4, 0.5) is 0 Å². The Labute approximate surface area is 235 Å². The molecule has 0 aliphatic carbocycles. The van der Waals surface area contributed by atoms with Crippen molar-refractivity contribution in [3.05, 3.63) is 96.6 Å². The highest BCUT2D eigenvalue weighted by Gasteiger charge is 2.50. The summed E-state index contributed by atoms with van der Waals surface area (Å²) in [6.45, 7) is 8.86. The Morgan fingerprint density at radius 3 is 1.74 bits per heavy atom. The molecule has 39 heavy (non-hydrogen) atoms. The summed E-state index contributed by atoms with van der Waals surface area (Å²) in [4.78, 5) is 12.5. The molecule has 1 saturated heterocycles. The van der Waals surface area contributed by atoms with Gasteiger partial charge >= 0.3 is 0 Å². The van der Waals surface area contributed by atoms with Crippen LogP contribution in [0.2, 0.25) is 5.04 Å². The predicted octanol–water partition coefficient (Wildman–Crippen LogP) is 6.46. The minimum absolute atomic E-state index is 0.00540. The first-order valence-corrected chi connectivity index (χ1v) is 16.3. The van der Waals surface area contributed by atoms with E-state index in [1.54, 1.807) is 0 Å². The van der Waals surface area contributed by atoms with Gasteiger partial charge in [0.05, 0.1) is 18.8 Å². The molecule has 0 aromatic heterocycles. The van der Waals surface area contributed by atoms with Gasteiger partial charge in [0.1, 0.15) is 5.78 Å². The Kier molecular flexibility index (Phi) is 10.7. The SMILES string of the molecule is CC(C)(C)[Si](OCCC[C@@H]1CC(=O)C[C@H](CCCOCc2ccccc2)O1)(c1ccccc1)c1ccccc1. The highest BCUT2D eigenvalue weighted by Crippen LogP contribution is 2.37. The van der Waals surface area contributed by atoms with Crippen molar-refractivity contribution in [2.45, 2.75) is 83.1 Å². The number of carbonyl (C=O) groups excluding carboxylic acids is 1. The van der Waals surface area contributed by atoms with Crippen LogP contribution in [0.1, 0.15) is 64.9 Å². The molecule has 4 nitrogen and oxygen atoms in total. The van der Waals surface area contributed by atoms with Crippen molar-refractivity contribution in [3.8, 4) is 0 Å². The van der Waals surface area contributed by atoms with E-state index < -0.39 is 8.32 Å². The van der Waals surface area contributed by atoms with Gasteiger partial charge in [-0.2, -0.15) is 0 Å². The van der Waals surface area contributed by atoms with E-state index in [0.717, 1.165) is 25.7 Å². The van der Waals surface area contributed by atoms with Gasteiger partial charge in [-0.1, -0.05) is 112 Å². The van der Waals surface area contributed by atoms with Crippen molar-refractivity contribution < 1.29 is 18.7 Å². The molecule has 3 aromatic rings. The molecule has 4 rings (SSSR count). The van der Waals surface area contributed by atoms with E-state index in [4.69, 9.17) is 13.9 Å². The molecular formula is C34H44O4Si. The van der Waals surface area contributed by atoms with Crippen molar-refractivity contribution in [2.24, 2.45) is 0 Å². The molecule has 2 atom stereocenters. The van der Waals surface area contributed by atoms with E-state index in [-0.39, 0.29) is 17.2 Å². The van der Waals surface area contributed by atoms with Crippen LogP contribution in [0.25, 0.3) is 0 Å². The molecule has 3 aromatic carbocycles. The van der Waals surface area contributed by atoms with Crippen LogP contribution in [0.5, 0.6) is 0 Å². The summed E-state index contributed by atoms with van der Waals surface area (Å²) in [6, 6.07) is 31.7. The Bertz CT molecular complexity index is 1090. The average Bonchev–Trinajstić information content (AvgIpc) is 2.93. The number of Topliss-reactive ketones (excluding diaryl/α,β-unsaturated/α-hetero) is 1. The van der Waals surface area contributed by atoms with Gasteiger partial charge in [0.15, 0.2) is 0 Å². The Hall–Kier alpha value is -2.57. The van der Waals surface area contributed by atoms with Gasteiger partial charge in [-0.3, -0.25) is 4.79 Å². The van der Waals surface area contributed by atoms with E-state index in [0.29, 0.717) is 38.4 Å². The number of carbonyl (C=O) groups is 1. The van der Waals surface area contributed by atoms with Crippen molar-refractivity contribution in [3.63, 3.8) is 0 Å². The van der Waals surface area contributed by atoms with Crippen LogP contribution in [-0.4, -0.2) is 39.5 Å². The largest absolute Gasteiger partial charge is 0.407 e. The molecule has 1 fully saturated rings. The summed E-state index contributed by atoms with van der Waals surface area (Å²) < 4.78 is 19.2. The number of ether oxygens (including phenoxy) is 2. The molecule has 0 saturated carbocycles. The third-order valence-corrected chi connectivity index (χ3v) is 12.7. The number of hydrogen-bond donors (Lipinski definition) is 0. The second-order valence-electron chi connectivity index (χ2n) is 11.7. The van der Waals surface area contributed by atoms with Gasteiger partial charge in [-0.25, -0.2) is 0 Å². The normalized spacial score (nSPS) is 18.3. The Balaban J connectivity index is 1.29. The summed E-state index contributed by atoms with van der Waals surface area (Å²) in [7, 11) is -2.53. The first-order chi connectivity index (χ1) is 18.9. The van der Waals surface area contributed by atoms with Gasteiger partial charge in [-0.05, 0) is 46.7 Å². The summed E-state index contributed by atoms with van der Waals surface area (Å²) in [5.41, 5.74) is 1.18. The maximum absolute atomic E-state index is 12.5. The molecule has 1 aliphatic rings. The summed E-state index contributed by atoms with van der Waals surface area (Å²) in [5.74, 6) is 0.314. The van der Waals surface area contributed by atoms with Crippen LogP contribution in [0, 0.1) is 0 Å². The lowest BCUT2D eigenvalue weighted by molar-refractivity contribution is -0.136. The van der Waals surface area contributed by atoms with Crippen LogP contribution >= 0.6 is 0 Å². The monoisotopic (exact) mass is 544 g/mol. The van der Waals surface area contributed by atoms with Gasteiger partial charge in [0, 0.05) is 26.1 Å². The molecule has 1 heterocycles. The standard InChI is InChI=1S/C34H44O4Si/c1-34(2,3)39(32-19-9-5-10-20-32,33-21-11-6-12-22-33)37-24-14-18-31-26-29(35)25-30(38-31)17-13-23-36-27-28-15-7-4-8-16-28/h4-12,15-16,19-22,30-31H,13-14,17-18,23-27H2,1-3H3/t30-,31+/m0/s1. The zero-order chi connectivity index (χ0) is 27.6. The van der Waals surface area contributed by atoms with Gasteiger partial charge in [-0.15, -0.1) is 0 Å². The van der Waals surface area contributed by atoms with Crippen molar-refractivity contribution in [2.75, 3.05) is 13.2 Å². The molecule has 0 unspecified atom stereocenters. The zero-order valence-corrected chi connectivity index (χ0v) is 24.8. The van der Waals surface area contributed by atoms with Crippen LogP contribution < -0.4 is 10.4 Å². The Morgan fingerprint density at radius 1 is 0.744 bits per heavy atom. The fourth-order valence-corrected chi connectivity index (χ4v) is 10.4. The van der Waals surface area contributed by atoms with Gasteiger partial charge in [0.25, 0.3) is 8.32 Å². The minimum Gasteiger partial charge on any atom is -0.407 e. The lowest BCUT2D eigenvalue weighted by Gasteiger charge is -2.43. The first-order valence-electron chi connectivity index (χ1n) is 14.4. The number of rotatable bonds is 13. The van der Waals surface area contributed by atoms with Crippen molar-refractivity contribution >= 4 is 24.5 Å². The molecule has 1 aliphatic heterocycles. The summed E-state index contributed by atoms with van der Waals surface area (Å²) >= 11 is 0. The van der Waals surface area contributed by atoms with E-state index >= 15 is 0 Å². The molecule has 0 amide bonds. The van der Waals surface area contributed by atoms with E-state index in [9.17, 15) is 4.79 Å². The van der Waals surface area contributed by atoms with Gasteiger partial charge in [0.2, 0.25) is 0 Å².